The molecule has 0 unspecified atom stereocenters. The number of ether oxygens (including phenoxy) is 1. The molecule has 0 aliphatic carbocycles. The van der Waals surface area contributed by atoms with Gasteiger partial charge in [-0.2, -0.15) is 8.42 Å². The molecule has 8 N–H and O–H groups in total. The number of rotatable bonds is 32. The molecular formula is C39H86N2O10S. The molecule has 0 amide bonds. The van der Waals surface area contributed by atoms with E-state index in [0.29, 0.717) is 32.5 Å². The van der Waals surface area contributed by atoms with Crippen molar-refractivity contribution in [1.29, 1.82) is 0 Å². The van der Waals surface area contributed by atoms with Gasteiger partial charge in [0.15, 0.2) is 0 Å². The van der Waals surface area contributed by atoms with E-state index < -0.39 is 16.4 Å². The van der Waals surface area contributed by atoms with Crippen LogP contribution in [-0.4, -0.2) is 80.2 Å². The Hall–Kier alpha value is -1.35. The molecule has 0 aliphatic rings. The third-order valence-corrected chi connectivity index (χ3v) is 8.17. The van der Waals surface area contributed by atoms with Gasteiger partial charge in [-0.05, 0) is 19.8 Å². The monoisotopic (exact) mass is 775 g/mol. The second kappa shape index (κ2) is 56.4. The first-order chi connectivity index (χ1) is 25.0. The Labute approximate surface area is 320 Å². The largest absolute Gasteiger partial charge is 0.481 e. The molecule has 0 fully saturated rings. The summed E-state index contributed by atoms with van der Waals surface area (Å²) >= 11 is 0. The zero-order valence-electron chi connectivity index (χ0n) is 34.1. The van der Waals surface area contributed by atoms with Crippen molar-refractivity contribution in [3.63, 3.8) is 0 Å². The van der Waals surface area contributed by atoms with Crippen LogP contribution in [-0.2, 0) is 28.9 Å². The van der Waals surface area contributed by atoms with Crippen LogP contribution in [0.25, 0.3) is 0 Å². The van der Waals surface area contributed by atoms with Crippen molar-refractivity contribution >= 4 is 22.3 Å². The molecule has 0 bridgehead atoms. The average Bonchev–Trinajstić information content (AvgIpc) is 3.12. The van der Waals surface area contributed by atoms with Crippen molar-refractivity contribution in [2.45, 2.75) is 201 Å². The summed E-state index contributed by atoms with van der Waals surface area (Å²) in [7, 11) is -3.29. The minimum atomic E-state index is -4.16. The Morgan fingerprint density at radius 1 is 0.519 bits per heavy atom. The van der Waals surface area contributed by atoms with Crippen LogP contribution in [0.1, 0.15) is 201 Å². The Morgan fingerprint density at radius 3 is 0.942 bits per heavy atom. The van der Waals surface area contributed by atoms with Gasteiger partial charge >= 0.3 is 22.3 Å². The highest BCUT2D eigenvalue weighted by molar-refractivity contribution is 7.80. The van der Waals surface area contributed by atoms with Gasteiger partial charge in [-0.15, -0.1) is 0 Å². The number of esters is 1. The fraction of sp³-hybridized carbons (Fsp3) is 0.949. The molecular weight excluding hydrogens is 689 g/mol. The maximum Gasteiger partial charge on any atom is 0.397 e. The SMILES string of the molecule is CCCCCCCCCCCCCCCC(=O)O.CCCCCCCCCCCCCCCC(=O)OCC.COS(=O)(=O)O.NCCO.NCCO. The summed E-state index contributed by atoms with van der Waals surface area (Å²) in [5.41, 5.74) is 9.56. The lowest BCUT2D eigenvalue weighted by atomic mass is 10.0. The number of carboxylic acid groups (broad SMARTS) is 1. The fourth-order valence-corrected chi connectivity index (χ4v) is 4.81. The highest BCUT2D eigenvalue weighted by Crippen LogP contribution is 2.14. The highest BCUT2D eigenvalue weighted by atomic mass is 32.3. The molecule has 52 heavy (non-hydrogen) atoms. The number of hydrogen-bond acceptors (Lipinski definition) is 10. The van der Waals surface area contributed by atoms with Crippen LogP contribution in [0.5, 0.6) is 0 Å². The summed E-state index contributed by atoms with van der Waals surface area (Å²) < 4.78 is 34.6. The van der Waals surface area contributed by atoms with Gasteiger partial charge in [0.1, 0.15) is 0 Å². The van der Waals surface area contributed by atoms with Gasteiger partial charge in [-0.3, -0.25) is 18.3 Å². The van der Waals surface area contributed by atoms with Gasteiger partial charge < -0.3 is 31.5 Å². The molecule has 0 atom stereocenters. The quantitative estimate of drug-likeness (QED) is 0.0214. The number of hydrogen-bond donors (Lipinski definition) is 6. The van der Waals surface area contributed by atoms with Gasteiger partial charge in [-0.25, -0.2) is 0 Å². The molecule has 0 saturated carbocycles. The number of nitrogens with two attached hydrogens (primary N) is 2. The molecule has 0 aromatic heterocycles. The minimum Gasteiger partial charge on any atom is -0.481 e. The Balaban J connectivity index is -0.000000208. The third-order valence-electron chi connectivity index (χ3n) is 7.75. The molecule has 0 spiro atoms. The lowest BCUT2D eigenvalue weighted by Gasteiger charge is -2.03. The predicted molar refractivity (Wildman–Crippen MR) is 216 cm³/mol. The molecule has 0 rings (SSSR count). The van der Waals surface area contributed by atoms with Gasteiger partial charge in [0, 0.05) is 25.9 Å². The first-order valence-electron chi connectivity index (χ1n) is 20.5. The normalized spacial score (nSPS) is 10.3. The van der Waals surface area contributed by atoms with Gasteiger partial charge in [0.25, 0.3) is 0 Å². The summed E-state index contributed by atoms with van der Waals surface area (Å²) in [6, 6.07) is 0. The minimum absolute atomic E-state index is 0.0319. The van der Waals surface area contributed by atoms with Gasteiger partial charge in [0.2, 0.25) is 0 Å². The molecule has 0 aromatic rings. The molecule has 0 aliphatic heterocycles. The van der Waals surface area contributed by atoms with Crippen molar-refractivity contribution in [2.24, 2.45) is 11.5 Å². The maximum atomic E-state index is 11.1. The van der Waals surface area contributed by atoms with Gasteiger partial charge in [0.05, 0.1) is 26.9 Å². The van der Waals surface area contributed by atoms with Crippen LogP contribution in [0.3, 0.4) is 0 Å². The lowest BCUT2D eigenvalue weighted by molar-refractivity contribution is -0.143. The topological polar surface area (TPSA) is 220 Å². The first kappa shape index (κ1) is 59.9. The van der Waals surface area contributed by atoms with Crippen LogP contribution in [0.4, 0.5) is 0 Å². The van der Waals surface area contributed by atoms with Crippen LogP contribution in [0.2, 0.25) is 0 Å². The van der Waals surface area contributed by atoms with Crippen LogP contribution < -0.4 is 11.5 Å². The standard InChI is InChI=1S/C18H36O2.C16H32O2.2C2H7NO.CH4O4S/c1-3-5-6-7-8-9-10-11-12-13-14-15-16-17-18(19)20-4-2;1-2-3-4-5-6-7-8-9-10-11-12-13-14-15-16(17)18;2*3-1-2-4;1-5-6(2,3)4/h3-17H2,1-2H3;2-15H2,1H3,(H,17,18);2*4H,1-3H2;1H3,(H,2,3,4). The second-order valence-corrected chi connectivity index (χ2v) is 14.0. The van der Waals surface area contributed by atoms with E-state index in [-0.39, 0.29) is 19.2 Å². The van der Waals surface area contributed by atoms with Crippen molar-refractivity contribution < 1.29 is 46.8 Å². The number of aliphatic hydroxyl groups excluding tert-OH is 2. The van der Waals surface area contributed by atoms with E-state index in [1.165, 1.54) is 148 Å². The Morgan fingerprint density at radius 2 is 0.750 bits per heavy atom. The van der Waals surface area contributed by atoms with E-state index in [1.54, 1.807) is 0 Å². The highest BCUT2D eigenvalue weighted by Gasteiger charge is 2.01. The molecule has 0 saturated heterocycles. The van der Waals surface area contributed by atoms with E-state index in [2.05, 4.69) is 18.0 Å². The summed E-state index contributed by atoms with van der Waals surface area (Å²) in [5, 5.41) is 24.0. The molecule has 13 heteroatoms. The van der Waals surface area contributed by atoms with Crippen molar-refractivity contribution in [1.82, 2.24) is 0 Å². The van der Waals surface area contributed by atoms with Crippen LogP contribution in [0.15, 0.2) is 0 Å². The Kier molecular flexibility index (Phi) is 65.0. The van der Waals surface area contributed by atoms with E-state index >= 15 is 0 Å². The number of aliphatic hydroxyl groups is 2. The van der Waals surface area contributed by atoms with E-state index in [0.717, 1.165) is 26.4 Å². The second-order valence-electron chi connectivity index (χ2n) is 12.8. The average molecular weight is 775 g/mol. The van der Waals surface area contributed by atoms with E-state index in [4.69, 9.17) is 36.1 Å². The van der Waals surface area contributed by atoms with Gasteiger partial charge in [-0.1, -0.05) is 168 Å². The zero-order valence-corrected chi connectivity index (χ0v) is 35.0. The maximum absolute atomic E-state index is 11.1. The van der Waals surface area contributed by atoms with Crippen molar-refractivity contribution in [3.05, 3.63) is 0 Å². The van der Waals surface area contributed by atoms with Crippen LogP contribution in [0, 0.1) is 0 Å². The zero-order chi connectivity index (χ0) is 40.4. The molecule has 12 nitrogen and oxygen atoms in total. The number of carbonyl (C=O) groups excluding carboxylic acids is 1. The fourth-order valence-electron chi connectivity index (χ4n) is 4.81. The van der Waals surface area contributed by atoms with E-state index in [9.17, 15) is 18.0 Å². The number of carbonyl (C=O) groups is 2. The smallest absolute Gasteiger partial charge is 0.397 e. The lowest BCUT2D eigenvalue weighted by Crippen LogP contribution is -2.03. The summed E-state index contributed by atoms with van der Waals surface area (Å²) in [5.74, 6) is -0.686. The van der Waals surface area contributed by atoms with Crippen LogP contribution >= 0.6 is 0 Å². The van der Waals surface area contributed by atoms with Crippen molar-refractivity contribution in [2.75, 3.05) is 40.0 Å². The summed E-state index contributed by atoms with van der Waals surface area (Å²) in [6.45, 7) is 7.85. The summed E-state index contributed by atoms with van der Waals surface area (Å²) in [6.07, 6.45) is 35.3. The third kappa shape index (κ3) is 82.2. The molecule has 0 aromatic carbocycles. The number of unbranched alkanes of at least 4 members (excludes halogenated alkanes) is 24. The number of aliphatic carboxylic acids is 1. The predicted octanol–water partition coefficient (Wildman–Crippen LogP) is 8.89. The van der Waals surface area contributed by atoms with Crippen molar-refractivity contribution in [3.8, 4) is 0 Å². The Bertz CT molecular complexity index is 751. The first-order valence-corrected chi connectivity index (χ1v) is 21.9. The summed E-state index contributed by atoms with van der Waals surface area (Å²) in [4.78, 5) is 21.4. The molecule has 0 heterocycles. The van der Waals surface area contributed by atoms with E-state index in [1.807, 2.05) is 6.92 Å². The molecule has 318 valence electrons. The number of carboxylic acids is 1. The molecule has 0 radical (unpaired) electrons.